The van der Waals surface area contributed by atoms with Gasteiger partial charge in [0.25, 0.3) is 5.91 Å². The van der Waals surface area contributed by atoms with E-state index in [0.29, 0.717) is 43.8 Å². The van der Waals surface area contributed by atoms with Gasteiger partial charge in [0.1, 0.15) is 5.75 Å². The Morgan fingerprint density at radius 3 is 1.96 bits per heavy atom. The zero-order chi connectivity index (χ0) is 18.6. The van der Waals surface area contributed by atoms with Crippen LogP contribution in [0.4, 0.5) is 0 Å². The first kappa shape index (κ1) is 18.3. The average molecular weight is 370 g/mol. The largest absolute Gasteiger partial charge is 0.490 e. The highest BCUT2D eigenvalue weighted by molar-refractivity contribution is 5.94. The van der Waals surface area contributed by atoms with E-state index in [1.807, 2.05) is 34.1 Å². The summed E-state index contributed by atoms with van der Waals surface area (Å²) in [5.74, 6) is 1.42. The summed E-state index contributed by atoms with van der Waals surface area (Å²) in [6.07, 6.45) is 9.50. The maximum Gasteiger partial charge on any atom is 0.253 e. The molecule has 0 bridgehead atoms. The van der Waals surface area contributed by atoms with Crippen molar-refractivity contribution >= 4 is 11.8 Å². The highest BCUT2D eigenvalue weighted by Crippen LogP contribution is 2.27. The van der Waals surface area contributed by atoms with Crippen LogP contribution in [0.15, 0.2) is 24.3 Å². The summed E-state index contributed by atoms with van der Waals surface area (Å²) in [6.45, 7) is 2.56. The summed E-state index contributed by atoms with van der Waals surface area (Å²) in [5, 5.41) is 0. The average Bonchev–Trinajstić information content (AvgIpc) is 3.42. The molecular formula is C22H30N2O3. The van der Waals surface area contributed by atoms with Crippen molar-refractivity contribution in [2.45, 2.75) is 57.5 Å². The first-order valence-corrected chi connectivity index (χ1v) is 10.6. The van der Waals surface area contributed by atoms with Gasteiger partial charge < -0.3 is 14.5 Å². The SMILES string of the molecule is O=C(c1ccc(OC2CCCC2)cc1)N1CCN(C(=O)C2CCCC2)CC1. The van der Waals surface area contributed by atoms with E-state index in [0.717, 1.165) is 31.4 Å². The molecule has 2 saturated carbocycles. The molecule has 27 heavy (non-hydrogen) atoms. The lowest BCUT2D eigenvalue weighted by Crippen LogP contribution is -2.51. The Bertz CT molecular complexity index is 653. The maximum absolute atomic E-state index is 12.8. The van der Waals surface area contributed by atoms with Gasteiger partial charge in [0.2, 0.25) is 5.91 Å². The number of benzene rings is 1. The molecule has 0 aromatic heterocycles. The van der Waals surface area contributed by atoms with Crippen LogP contribution in [0.5, 0.6) is 5.75 Å². The van der Waals surface area contributed by atoms with Crippen LogP contribution >= 0.6 is 0 Å². The zero-order valence-electron chi connectivity index (χ0n) is 16.1. The fraction of sp³-hybridized carbons (Fsp3) is 0.636. The van der Waals surface area contributed by atoms with E-state index < -0.39 is 0 Å². The van der Waals surface area contributed by atoms with Crippen LogP contribution in [0.2, 0.25) is 0 Å². The Hall–Kier alpha value is -2.04. The molecular weight excluding hydrogens is 340 g/mol. The van der Waals surface area contributed by atoms with E-state index in [1.165, 1.54) is 25.7 Å². The van der Waals surface area contributed by atoms with Crippen LogP contribution < -0.4 is 4.74 Å². The number of carbonyl (C=O) groups excluding carboxylic acids is 2. The highest BCUT2D eigenvalue weighted by Gasteiger charge is 2.30. The first-order valence-electron chi connectivity index (χ1n) is 10.6. The van der Waals surface area contributed by atoms with E-state index in [-0.39, 0.29) is 11.8 Å². The van der Waals surface area contributed by atoms with Gasteiger partial charge >= 0.3 is 0 Å². The van der Waals surface area contributed by atoms with E-state index >= 15 is 0 Å². The van der Waals surface area contributed by atoms with Crippen LogP contribution in [0.3, 0.4) is 0 Å². The van der Waals surface area contributed by atoms with Crippen molar-refractivity contribution in [1.82, 2.24) is 9.80 Å². The molecule has 5 nitrogen and oxygen atoms in total. The number of hydrogen-bond donors (Lipinski definition) is 0. The van der Waals surface area contributed by atoms with Crippen LogP contribution in [-0.2, 0) is 4.79 Å². The number of amides is 2. The van der Waals surface area contributed by atoms with E-state index in [9.17, 15) is 9.59 Å². The summed E-state index contributed by atoms with van der Waals surface area (Å²) < 4.78 is 5.98. The van der Waals surface area contributed by atoms with Crippen molar-refractivity contribution in [2.75, 3.05) is 26.2 Å². The standard InChI is InChI=1S/C22H30N2O3/c25-21(17-5-1-2-6-17)23-13-15-24(16-14-23)22(26)18-9-11-20(12-10-18)27-19-7-3-4-8-19/h9-12,17,19H,1-8,13-16H2. The lowest BCUT2D eigenvalue weighted by atomic mass is 10.1. The predicted octanol–water partition coefficient (Wildman–Crippen LogP) is 3.48. The molecule has 1 saturated heterocycles. The molecule has 2 amide bonds. The Kier molecular flexibility index (Phi) is 5.65. The van der Waals surface area contributed by atoms with Crippen LogP contribution in [-0.4, -0.2) is 53.9 Å². The number of piperazine rings is 1. The van der Waals surface area contributed by atoms with Crippen molar-refractivity contribution in [3.05, 3.63) is 29.8 Å². The predicted molar refractivity (Wildman–Crippen MR) is 104 cm³/mol. The molecule has 4 rings (SSSR count). The number of rotatable bonds is 4. The number of hydrogen-bond acceptors (Lipinski definition) is 3. The van der Waals surface area contributed by atoms with Gasteiger partial charge in [-0.1, -0.05) is 12.8 Å². The second kappa shape index (κ2) is 8.32. The smallest absolute Gasteiger partial charge is 0.253 e. The minimum absolute atomic E-state index is 0.0513. The van der Waals surface area contributed by atoms with Crippen LogP contribution in [0.1, 0.15) is 61.7 Å². The Morgan fingerprint density at radius 2 is 1.33 bits per heavy atom. The Balaban J connectivity index is 1.29. The number of nitrogens with zero attached hydrogens (tertiary/aromatic N) is 2. The second-order valence-corrected chi connectivity index (χ2v) is 8.15. The van der Waals surface area contributed by atoms with Gasteiger partial charge in [0.15, 0.2) is 0 Å². The monoisotopic (exact) mass is 370 g/mol. The summed E-state index contributed by atoms with van der Waals surface area (Å²) >= 11 is 0. The molecule has 146 valence electrons. The molecule has 3 fully saturated rings. The third-order valence-electron chi connectivity index (χ3n) is 6.29. The lowest BCUT2D eigenvalue weighted by molar-refractivity contribution is -0.136. The van der Waals surface area contributed by atoms with Crippen molar-refractivity contribution < 1.29 is 14.3 Å². The molecule has 3 aliphatic rings. The van der Waals surface area contributed by atoms with Gasteiger partial charge in [-0.2, -0.15) is 0 Å². The maximum atomic E-state index is 12.8. The van der Waals surface area contributed by atoms with Gasteiger partial charge in [-0.3, -0.25) is 9.59 Å². The van der Waals surface area contributed by atoms with Gasteiger partial charge in [0, 0.05) is 37.7 Å². The minimum Gasteiger partial charge on any atom is -0.490 e. The molecule has 1 heterocycles. The lowest BCUT2D eigenvalue weighted by Gasteiger charge is -2.36. The van der Waals surface area contributed by atoms with Crippen molar-refractivity contribution in [3.8, 4) is 5.75 Å². The fourth-order valence-electron chi connectivity index (χ4n) is 4.62. The van der Waals surface area contributed by atoms with E-state index in [2.05, 4.69) is 0 Å². The summed E-state index contributed by atoms with van der Waals surface area (Å²) in [7, 11) is 0. The first-order chi connectivity index (χ1) is 13.2. The molecule has 1 aliphatic heterocycles. The van der Waals surface area contributed by atoms with Crippen LogP contribution in [0, 0.1) is 5.92 Å². The van der Waals surface area contributed by atoms with Gasteiger partial charge in [0.05, 0.1) is 6.10 Å². The fourth-order valence-corrected chi connectivity index (χ4v) is 4.62. The molecule has 0 unspecified atom stereocenters. The van der Waals surface area contributed by atoms with Gasteiger partial charge in [-0.25, -0.2) is 0 Å². The summed E-state index contributed by atoms with van der Waals surface area (Å²) in [4.78, 5) is 29.1. The Morgan fingerprint density at radius 1 is 0.778 bits per heavy atom. The minimum atomic E-state index is 0.0513. The molecule has 5 heteroatoms. The zero-order valence-corrected chi connectivity index (χ0v) is 16.1. The second-order valence-electron chi connectivity index (χ2n) is 8.15. The summed E-state index contributed by atoms with van der Waals surface area (Å²) in [6, 6.07) is 7.54. The normalized spacial score (nSPS) is 21.6. The van der Waals surface area contributed by atoms with Gasteiger partial charge in [-0.15, -0.1) is 0 Å². The molecule has 1 aromatic carbocycles. The molecule has 0 spiro atoms. The number of carbonyl (C=O) groups is 2. The summed E-state index contributed by atoms with van der Waals surface area (Å²) in [5.41, 5.74) is 0.698. The number of ether oxygens (including phenoxy) is 1. The van der Waals surface area contributed by atoms with E-state index in [4.69, 9.17) is 4.74 Å². The molecule has 0 radical (unpaired) electrons. The molecule has 1 aromatic rings. The van der Waals surface area contributed by atoms with Crippen LogP contribution in [0.25, 0.3) is 0 Å². The van der Waals surface area contributed by atoms with Crippen molar-refractivity contribution in [1.29, 1.82) is 0 Å². The molecule has 0 atom stereocenters. The Labute approximate surface area is 161 Å². The van der Waals surface area contributed by atoms with Gasteiger partial charge in [-0.05, 0) is 62.8 Å². The highest BCUT2D eigenvalue weighted by atomic mass is 16.5. The third-order valence-corrected chi connectivity index (χ3v) is 6.29. The van der Waals surface area contributed by atoms with Crippen molar-refractivity contribution in [3.63, 3.8) is 0 Å². The third kappa shape index (κ3) is 4.28. The quantitative estimate of drug-likeness (QED) is 0.815. The molecule has 2 aliphatic carbocycles. The van der Waals surface area contributed by atoms with Crippen molar-refractivity contribution in [2.24, 2.45) is 5.92 Å². The van der Waals surface area contributed by atoms with E-state index in [1.54, 1.807) is 0 Å². The topological polar surface area (TPSA) is 49.9 Å². The molecule has 0 N–H and O–H groups in total.